The van der Waals surface area contributed by atoms with Crippen LogP contribution in [-0.2, 0) is 10.0 Å². The lowest BCUT2D eigenvalue weighted by atomic mass is 10.1. The molecule has 0 fully saturated rings. The van der Waals surface area contributed by atoms with Crippen molar-refractivity contribution < 1.29 is 13.2 Å². The molecule has 1 N–H and O–H groups in total. The summed E-state index contributed by atoms with van der Waals surface area (Å²) in [5, 5.41) is 0. The van der Waals surface area contributed by atoms with Gasteiger partial charge < -0.3 is 4.74 Å². The number of thiazole rings is 1. The molecule has 2 aromatic carbocycles. The predicted octanol–water partition coefficient (Wildman–Crippen LogP) is 4.01. The van der Waals surface area contributed by atoms with E-state index in [2.05, 4.69) is 4.72 Å². The van der Waals surface area contributed by atoms with E-state index in [0.29, 0.717) is 10.4 Å². The molecule has 8 heteroatoms. The zero-order valence-electron chi connectivity index (χ0n) is 17.2. The van der Waals surface area contributed by atoms with Crippen LogP contribution in [0.25, 0.3) is 10.2 Å². The fourth-order valence-electron chi connectivity index (χ4n) is 3.06. The highest BCUT2D eigenvalue weighted by Gasteiger charge is 2.20. The van der Waals surface area contributed by atoms with Crippen molar-refractivity contribution in [3.63, 3.8) is 0 Å². The number of fused-ring (bicyclic) bond motifs is 1. The molecule has 0 unspecified atom stereocenters. The van der Waals surface area contributed by atoms with Crippen LogP contribution >= 0.6 is 11.3 Å². The molecule has 1 aromatic heterocycles. The first-order valence-corrected chi connectivity index (χ1v) is 11.8. The molecular formula is C21H26N2O4S2. The quantitative estimate of drug-likeness (QED) is 0.610. The second-order valence-corrected chi connectivity index (χ2v) is 10.2. The van der Waals surface area contributed by atoms with Gasteiger partial charge >= 0.3 is 4.87 Å². The summed E-state index contributed by atoms with van der Waals surface area (Å²) in [4.78, 5) is 12.2. The van der Waals surface area contributed by atoms with Crippen molar-refractivity contribution in [2.45, 2.75) is 51.6 Å². The maximum Gasteiger partial charge on any atom is 0.308 e. The molecule has 156 valence electrons. The van der Waals surface area contributed by atoms with E-state index >= 15 is 0 Å². The second kappa shape index (κ2) is 8.30. The highest BCUT2D eigenvalue weighted by molar-refractivity contribution is 7.89. The largest absolute Gasteiger partial charge is 0.492 e. The van der Waals surface area contributed by atoms with E-state index in [1.807, 2.05) is 45.9 Å². The SMILES string of the molecule is Cc1ccc(OC[C@@H](C)NS(=O)(=O)c2ccc3c(c2)sc(=O)n3C(C)C)cc1C. The molecule has 0 saturated heterocycles. The van der Waals surface area contributed by atoms with Gasteiger partial charge in [0.25, 0.3) is 0 Å². The van der Waals surface area contributed by atoms with E-state index in [9.17, 15) is 13.2 Å². The van der Waals surface area contributed by atoms with Gasteiger partial charge in [0.05, 0.1) is 21.2 Å². The van der Waals surface area contributed by atoms with Gasteiger partial charge in [-0.25, -0.2) is 13.1 Å². The van der Waals surface area contributed by atoms with Crippen molar-refractivity contribution in [3.8, 4) is 5.75 Å². The van der Waals surface area contributed by atoms with E-state index < -0.39 is 16.1 Å². The number of nitrogens with zero attached hydrogens (tertiary/aromatic N) is 1. The third-order valence-corrected chi connectivity index (χ3v) is 7.25. The standard InChI is InChI=1S/C21H26N2O4S2/c1-13(2)23-19-9-8-18(11-20(19)28-21(23)24)29(25,26)22-16(5)12-27-17-7-6-14(3)15(4)10-17/h6-11,13,16,22H,12H2,1-5H3/t16-/m1/s1. The van der Waals surface area contributed by atoms with E-state index in [1.54, 1.807) is 23.6 Å². The van der Waals surface area contributed by atoms with Crippen LogP contribution in [0.5, 0.6) is 5.75 Å². The Hall–Kier alpha value is -2.16. The Morgan fingerprint density at radius 2 is 1.79 bits per heavy atom. The van der Waals surface area contributed by atoms with Gasteiger partial charge in [0, 0.05) is 6.04 Å². The third-order valence-electron chi connectivity index (χ3n) is 4.75. The molecule has 3 rings (SSSR count). The lowest BCUT2D eigenvalue weighted by molar-refractivity contribution is 0.287. The summed E-state index contributed by atoms with van der Waals surface area (Å²) in [6.45, 7) is 9.85. The lowest BCUT2D eigenvalue weighted by Crippen LogP contribution is -2.36. The average molecular weight is 435 g/mol. The molecule has 1 heterocycles. The minimum absolute atomic E-state index is 0.0133. The summed E-state index contributed by atoms with van der Waals surface area (Å²) in [5.41, 5.74) is 3.05. The maximum absolute atomic E-state index is 12.8. The molecule has 29 heavy (non-hydrogen) atoms. The summed E-state index contributed by atoms with van der Waals surface area (Å²) in [7, 11) is -3.73. The highest BCUT2D eigenvalue weighted by Crippen LogP contribution is 2.24. The molecule has 1 atom stereocenters. The zero-order valence-corrected chi connectivity index (χ0v) is 18.9. The van der Waals surface area contributed by atoms with E-state index in [0.717, 1.165) is 22.4 Å². The molecule has 0 spiro atoms. The predicted molar refractivity (Wildman–Crippen MR) is 118 cm³/mol. The topological polar surface area (TPSA) is 77.4 Å². The van der Waals surface area contributed by atoms with Gasteiger partial charge in [0.15, 0.2) is 0 Å². The second-order valence-electron chi connectivity index (χ2n) is 7.54. The molecule has 6 nitrogen and oxygen atoms in total. The van der Waals surface area contributed by atoms with Gasteiger partial charge in [0.1, 0.15) is 12.4 Å². The molecular weight excluding hydrogens is 408 g/mol. The normalized spacial score (nSPS) is 13.2. The zero-order chi connectivity index (χ0) is 21.3. The number of benzene rings is 2. The molecule has 0 saturated carbocycles. The van der Waals surface area contributed by atoms with Gasteiger partial charge in [-0.15, -0.1) is 0 Å². The number of rotatable bonds is 7. The van der Waals surface area contributed by atoms with Gasteiger partial charge in [-0.3, -0.25) is 9.36 Å². The van der Waals surface area contributed by atoms with Crippen LogP contribution in [0.2, 0.25) is 0 Å². The number of aromatic nitrogens is 1. The van der Waals surface area contributed by atoms with Crippen molar-refractivity contribution >= 4 is 31.6 Å². The highest BCUT2D eigenvalue weighted by atomic mass is 32.2. The Morgan fingerprint density at radius 1 is 1.07 bits per heavy atom. The number of sulfonamides is 1. The number of ether oxygens (including phenoxy) is 1. The number of nitrogens with one attached hydrogen (secondary N) is 1. The van der Waals surface area contributed by atoms with Crippen LogP contribution in [0.1, 0.15) is 37.9 Å². The van der Waals surface area contributed by atoms with Crippen molar-refractivity contribution in [2.75, 3.05) is 6.61 Å². The Morgan fingerprint density at radius 3 is 2.45 bits per heavy atom. The number of aryl methyl sites for hydroxylation is 2. The Labute approximate surface area is 175 Å². The van der Waals surface area contributed by atoms with Crippen LogP contribution in [0.4, 0.5) is 0 Å². The van der Waals surface area contributed by atoms with Crippen LogP contribution < -0.4 is 14.3 Å². The third kappa shape index (κ3) is 4.71. The maximum atomic E-state index is 12.8. The minimum atomic E-state index is -3.73. The van der Waals surface area contributed by atoms with Gasteiger partial charge in [-0.2, -0.15) is 0 Å². The molecule has 0 aliphatic carbocycles. The summed E-state index contributed by atoms with van der Waals surface area (Å²) in [6.07, 6.45) is 0. The van der Waals surface area contributed by atoms with Crippen LogP contribution in [0.15, 0.2) is 46.1 Å². The summed E-state index contributed by atoms with van der Waals surface area (Å²) >= 11 is 1.06. The summed E-state index contributed by atoms with van der Waals surface area (Å²) in [6, 6.07) is 10.2. The Bertz CT molecular complexity index is 1190. The van der Waals surface area contributed by atoms with Gasteiger partial charge in [-0.05, 0) is 76.1 Å². The van der Waals surface area contributed by atoms with Crippen LogP contribution in [0.3, 0.4) is 0 Å². The molecule has 0 bridgehead atoms. The van der Waals surface area contributed by atoms with Gasteiger partial charge in [-0.1, -0.05) is 17.4 Å². The van der Waals surface area contributed by atoms with E-state index in [4.69, 9.17) is 4.74 Å². The molecule has 0 radical (unpaired) electrons. The molecule has 3 aromatic rings. The molecule has 0 amide bonds. The van der Waals surface area contributed by atoms with E-state index in [1.165, 1.54) is 11.6 Å². The van der Waals surface area contributed by atoms with Gasteiger partial charge in [0.2, 0.25) is 10.0 Å². The Kier molecular flexibility index (Phi) is 6.16. The smallest absolute Gasteiger partial charge is 0.308 e. The first-order valence-electron chi connectivity index (χ1n) is 9.46. The monoisotopic (exact) mass is 434 g/mol. The number of hydrogen-bond donors (Lipinski definition) is 1. The lowest BCUT2D eigenvalue weighted by Gasteiger charge is -2.16. The average Bonchev–Trinajstić information content (AvgIpc) is 2.97. The van der Waals surface area contributed by atoms with Crippen LogP contribution in [-0.4, -0.2) is 25.6 Å². The van der Waals surface area contributed by atoms with Crippen molar-refractivity contribution in [3.05, 3.63) is 57.2 Å². The number of hydrogen-bond acceptors (Lipinski definition) is 5. The fraction of sp³-hybridized carbons (Fsp3) is 0.381. The molecule has 0 aliphatic heterocycles. The van der Waals surface area contributed by atoms with Crippen molar-refractivity contribution in [1.82, 2.24) is 9.29 Å². The fourth-order valence-corrected chi connectivity index (χ4v) is 5.45. The van der Waals surface area contributed by atoms with E-state index in [-0.39, 0.29) is 22.4 Å². The summed E-state index contributed by atoms with van der Waals surface area (Å²) < 4.78 is 36.3. The van der Waals surface area contributed by atoms with Crippen molar-refractivity contribution in [2.24, 2.45) is 0 Å². The Balaban J connectivity index is 1.74. The molecule has 0 aliphatic rings. The first kappa shape index (κ1) is 21.5. The minimum Gasteiger partial charge on any atom is -0.492 e. The first-order chi connectivity index (χ1) is 13.6. The van der Waals surface area contributed by atoms with Crippen molar-refractivity contribution in [1.29, 1.82) is 0 Å². The summed E-state index contributed by atoms with van der Waals surface area (Å²) in [5.74, 6) is 0.709. The van der Waals surface area contributed by atoms with Crippen LogP contribution in [0, 0.1) is 13.8 Å².